The van der Waals surface area contributed by atoms with E-state index in [4.69, 9.17) is 9.90 Å². The molecule has 7 nitrogen and oxygen atoms in total. The zero-order valence-electron chi connectivity index (χ0n) is 18.2. The van der Waals surface area contributed by atoms with Crippen molar-refractivity contribution >= 4 is 11.9 Å². The van der Waals surface area contributed by atoms with Crippen molar-refractivity contribution in [2.75, 3.05) is 13.1 Å². The molecule has 4 N–H and O–H groups in total. The fourth-order valence-corrected chi connectivity index (χ4v) is 4.43. The molecule has 2 unspecified atom stereocenters. The fourth-order valence-electron chi connectivity index (χ4n) is 4.43. The van der Waals surface area contributed by atoms with Gasteiger partial charge in [-0.3, -0.25) is 9.89 Å². The van der Waals surface area contributed by atoms with E-state index in [-0.39, 0.29) is 11.9 Å². The van der Waals surface area contributed by atoms with Crippen molar-refractivity contribution in [2.24, 2.45) is 5.92 Å². The number of aromatic nitrogens is 2. The molecule has 4 rings (SSSR count). The van der Waals surface area contributed by atoms with Gasteiger partial charge in [-0.2, -0.15) is 18.3 Å². The lowest BCUT2D eigenvalue weighted by atomic mass is 9.94. The minimum atomic E-state index is -5.08. The molecule has 1 aromatic heterocycles. The van der Waals surface area contributed by atoms with Crippen molar-refractivity contribution in [2.45, 2.75) is 56.7 Å². The Hall–Kier alpha value is -2.88. The molecular formula is C23H29F3N4O3. The molecule has 1 saturated carbocycles. The van der Waals surface area contributed by atoms with Gasteiger partial charge in [-0.25, -0.2) is 4.79 Å². The summed E-state index contributed by atoms with van der Waals surface area (Å²) in [5.41, 5.74) is 2.99. The summed E-state index contributed by atoms with van der Waals surface area (Å²) in [6.45, 7) is 2.07. The molecule has 1 aromatic carbocycles. The monoisotopic (exact) mass is 466 g/mol. The van der Waals surface area contributed by atoms with Gasteiger partial charge in [0.25, 0.3) is 5.91 Å². The maximum Gasteiger partial charge on any atom is 0.490 e. The number of aliphatic carboxylic acids is 1. The van der Waals surface area contributed by atoms with E-state index in [0.29, 0.717) is 17.5 Å². The third-order valence-electron chi connectivity index (χ3n) is 6.17. The Morgan fingerprint density at radius 3 is 2.39 bits per heavy atom. The van der Waals surface area contributed by atoms with Crippen LogP contribution in [0.15, 0.2) is 36.4 Å². The van der Waals surface area contributed by atoms with Crippen molar-refractivity contribution in [1.82, 2.24) is 20.8 Å². The van der Waals surface area contributed by atoms with E-state index in [1.807, 2.05) is 6.07 Å². The number of benzene rings is 1. The van der Waals surface area contributed by atoms with Crippen LogP contribution in [0.4, 0.5) is 13.2 Å². The molecule has 1 aliphatic carbocycles. The first-order chi connectivity index (χ1) is 15.7. The molecule has 10 heteroatoms. The Bertz CT molecular complexity index is 911. The second-order valence-electron chi connectivity index (χ2n) is 8.50. The lowest BCUT2D eigenvalue weighted by molar-refractivity contribution is -0.192. The van der Waals surface area contributed by atoms with Crippen molar-refractivity contribution in [3.05, 3.63) is 53.3 Å². The van der Waals surface area contributed by atoms with Gasteiger partial charge in [-0.15, -0.1) is 0 Å². The van der Waals surface area contributed by atoms with Crippen LogP contribution in [0, 0.1) is 5.92 Å². The topological polar surface area (TPSA) is 107 Å². The number of aromatic amines is 1. The zero-order valence-corrected chi connectivity index (χ0v) is 18.2. The van der Waals surface area contributed by atoms with Crippen LogP contribution in [0.5, 0.6) is 0 Å². The molecule has 2 atom stereocenters. The summed E-state index contributed by atoms with van der Waals surface area (Å²) in [5.74, 6) is -1.79. The SMILES string of the molecule is O=C(NC1CCCC1Cc1ccccc1)c1cc(C2CCNCC2)[nH]n1.O=C(O)C(F)(F)F. The highest BCUT2D eigenvalue weighted by molar-refractivity contribution is 5.92. The Labute approximate surface area is 190 Å². The van der Waals surface area contributed by atoms with Crippen molar-refractivity contribution < 1.29 is 27.9 Å². The van der Waals surface area contributed by atoms with Gasteiger partial charge in [0.05, 0.1) is 0 Å². The molecule has 0 bridgehead atoms. The Morgan fingerprint density at radius 1 is 1.09 bits per heavy atom. The van der Waals surface area contributed by atoms with E-state index in [1.165, 1.54) is 18.4 Å². The maximum atomic E-state index is 12.7. The number of carbonyl (C=O) groups excluding carboxylic acids is 1. The largest absolute Gasteiger partial charge is 0.490 e. The summed E-state index contributed by atoms with van der Waals surface area (Å²) in [5, 5.41) is 21.1. The van der Waals surface area contributed by atoms with E-state index in [0.717, 1.165) is 44.5 Å². The summed E-state index contributed by atoms with van der Waals surface area (Å²) in [6, 6.07) is 12.8. The molecule has 2 heterocycles. The summed E-state index contributed by atoms with van der Waals surface area (Å²) >= 11 is 0. The Morgan fingerprint density at radius 2 is 1.76 bits per heavy atom. The van der Waals surface area contributed by atoms with Crippen LogP contribution in [0.25, 0.3) is 0 Å². The van der Waals surface area contributed by atoms with E-state index >= 15 is 0 Å². The number of nitrogens with one attached hydrogen (secondary N) is 3. The van der Waals surface area contributed by atoms with Crippen LogP contribution in [0.1, 0.15) is 59.8 Å². The third-order valence-corrected chi connectivity index (χ3v) is 6.17. The van der Waals surface area contributed by atoms with Gasteiger partial charge in [0.1, 0.15) is 5.69 Å². The number of halogens is 3. The molecule has 2 aliphatic rings. The van der Waals surface area contributed by atoms with Gasteiger partial charge in [-0.05, 0) is 62.7 Å². The van der Waals surface area contributed by atoms with Gasteiger partial charge in [0.15, 0.2) is 0 Å². The minimum absolute atomic E-state index is 0.0357. The van der Waals surface area contributed by atoms with Gasteiger partial charge < -0.3 is 15.7 Å². The fraction of sp³-hybridized carbons (Fsp3) is 0.522. The highest BCUT2D eigenvalue weighted by Crippen LogP contribution is 2.29. The molecule has 33 heavy (non-hydrogen) atoms. The highest BCUT2D eigenvalue weighted by Gasteiger charge is 2.38. The quantitative estimate of drug-likeness (QED) is 0.538. The number of hydrogen-bond acceptors (Lipinski definition) is 4. The second kappa shape index (κ2) is 11.3. The molecule has 0 spiro atoms. The number of nitrogens with zero attached hydrogens (tertiary/aromatic N) is 1. The first-order valence-corrected chi connectivity index (χ1v) is 11.1. The third kappa shape index (κ3) is 7.31. The predicted molar refractivity (Wildman–Crippen MR) is 116 cm³/mol. The molecule has 1 amide bonds. The van der Waals surface area contributed by atoms with Crippen LogP contribution >= 0.6 is 0 Å². The standard InChI is InChI=1S/C21H28N4O.C2HF3O2/c26-21(20-14-19(24-25-20)16-9-11-22-12-10-16)23-18-8-4-7-17(18)13-15-5-2-1-3-6-15;3-2(4,5)1(6)7/h1-3,5-6,14,16-18,22H,4,7-13H2,(H,23,26)(H,24,25);(H,6,7). The van der Waals surface area contributed by atoms with E-state index in [1.54, 1.807) is 0 Å². The van der Waals surface area contributed by atoms with Crippen LogP contribution in [0.3, 0.4) is 0 Å². The predicted octanol–water partition coefficient (Wildman–Crippen LogP) is 3.65. The average molecular weight is 467 g/mol. The lowest BCUT2D eigenvalue weighted by Crippen LogP contribution is -2.38. The summed E-state index contributed by atoms with van der Waals surface area (Å²) in [6.07, 6.45) is 1.58. The number of alkyl halides is 3. The highest BCUT2D eigenvalue weighted by atomic mass is 19.4. The van der Waals surface area contributed by atoms with Crippen molar-refractivity contribution in [3.8, 4) is 0 Å². The number of amides is 1. The van der Waals surface area contributed by atoms with Crippen LogP contribution in [-0.2, 0) is 11.2 Å². The summed E-state index contributed by atoms with van der Waals surface area (Å²) < 4.78 is 31.7. The zero-order chi connectivity index (χ0) is 23.8. The number of rotatable bonds is 5. The van der Waals surface area contributed by atoms with Crippen molar-refractivity contribution in [1.29, 1.82) is 0 Å². The number of carboxylic acid groups (broad SMARTS) is 1. The molecule has 1 saturated heterocycles. The Balaban J connectivity index is 0.000000383. The molecule has 1 aliphatic heterocycles. The number of carbonyl (C=O) groups is 2. The first kappa shape index (κ1) is 24.8. The minimum Gasteiger partial charge on any atom is -0.475 e. The normalized spacial score (nSPS) is 21.2. The van der Waals surface area contributed by atoms with Gasteiger partial charge in [0, 0.05) is 17.7 Å². The molecule has 2 aromatic rings. The smallest absolute Gasteiger partial charge is 0.475 e. The van der Waals surface area contributed by atoms with Crippen LogP contribution in [-0.4, -0.2) is 52.5 Å². The Kier molecular flexibility index (Phi) is 8.49. The number of carboxylic acids is 1. The first-order valence-electron chi connectivity index (χ1n) is 11.1. The van der Waals surface area contributed by atoms with Gasteiger partial charge in [0.2, 0.25) is 0 Å². The average Bonchev–Trinajstić information content (AvgIpc) is 3.45. The van der Waals surface area contributed by atoms with Crippen LogP contribution in [0.2, 0.25) is 0 Å². The lowest BCUT2D eigenvalue weighted by Gasteiger charge is -2.21. The van der Waals surface area contributed by atoms with E-state index < -0.39 is 12.1 Å². The molecule has 0 radical (unpaired) electrons. The van der Waals surface area contributed by atoms with Gasteiger partial charge in [-0.1, -0.05) is 36.8 Å². The maximum absolute atomic E-state index is 12.7. The van der Waals surface area contributed by atoms with Crippen molar-refractivity contribution in [3.63, 3.8) is 0 Å². The van der Waals surface area contributed by atoms with Gasteiger partial charge >= 0.3 is 12.1 Å². The van der Waals surface area contributed by atoms with E-state index in [9.17, 15) is 18.0 Å². The molecular weight excluding hydrogens is 437 g/mol. The molecule has 180 valence electrons. The van der Waals surface area contributed by atoms with E-state index in [2.05, 4.69) is 51.2 Å². The van der Waals surface area contributed by atoms with Crippen LogP contribution < -0.4 is 10.6 Å². The molecule has 2 fully saturated rings. The number of piperidine rings is 1. The number of hydrogen-bond donors (Lipinski definition) is 4. The second-order valence-corrected chi connectivity index (χ2v) is 8.50. The summed E-state index contributed by atoms with van der Waals surface area (Å²) in [7, 11) is 0. The number of H-pyrrole nitrogens is 1. The summed E-state index contributed by atoms with van der Waals surface area (Å²) in [4.78, 5) is 21.6.